The van der Waals surface area contributed by atoms with Crippen LogP contribution in [0.1, 0.15) is 39.2 Å². The fraction of sp³-hybridized carbons (Fsp3) is 0.636. The summed E-state index contributed by atoms with van der Waals surface area (Å²) in [6.45, 7) is 7.77. The van der Waals surface area contributed by atoms with E-state index in [2.05, 4.69) is 18.6 Å². The van der Waals surface area contributed by atoms with E-state index in [-0.39, 0.29) is 35.3 Å². The van der Waals surface area contributed by atoms with E-state index in [1.54, 1.807) is 21.9 Å². The first kappa shape index (κ1) is 24.6. The lowest BCUT2D eigenvalue weighted by Crippen LogP contribution is -2.55. The minimum absolute atomic E-state index is 0.0136. The molecule has 0 aliphatic carbocycles. The first-order valence-corrected chi connectivity index (χ1v) is 12.6. The molecule has 2 saturated heterocycles. The summed E-state index contributed by atoms with van der Waals surface area (Å²) in [5, 5.41) is 0. The second-order valence-electron chi connectivity index (χ2n) is 9.14. The Morgan fingerprint density at radius 3 is 2.69 bits per heavy atom. The van der Waals surface area contributed by atoms with E-state index in [9.17, 15) is 18.0 Å². The molecule has 0 bridgehead atoms. The maximum atomic E-state index is 13.3. The fourth-order valence-corrected chi connectivity index (χ4v) is 6.00. The number of nitrogens with two attached hydrogens (primary N) is 1. The molecule has 32 heavy (non-hydrogen) atoms. The summed E-state index contributed by atoms with van der Waals surface area (Å²) in [5.41, 5.74) is 6.89. The number of anilines is 1. The van der Waals surface area contributed by atoms with E-state index < -0.39 is 16.1 Å². The van der Waals surface area contributed by atoms with Crippen molar-refractivity contribution in [1.29, 1.82) is 0 Å². The number of nitrogens with one attached hydrogen (secondary N) is 1. The number of carbonyl (C=O) groups is 2. The van der Waals surface area contributed by atoms with Gasteiger partial charge < -0.3 is 20.3 Å². The minimum Gasteiger partial charge on any atom is -0.370 e. The van der Waals surface area contributed by atoms with Gasteiger partial charge in [0.05, 0.1) is 11.5 Å². The lowest BCUT2D eigenvalue weighted by molar-refractivity contribution is -0.135. The molecule has 178 valence electrons. The Bertz CT molecular complexity index is 963. The molecule has 2 amide bonds. The van der Waals surface area contributed by atoms with Gasteiger partial charge in [0.25, 0.3) is 5.91 Å². The predicted molar refractivity (Wildman–Crippen MR) is 122 cm³/mol. The lowest BCUT2D eigenvalue weighted by atomic mass is 9.84. The molecule has 0 spiro atoms. The third-order valence-electron chi connectivity index (χ3n) is 6.07. The second-order valence-corrected chi connectivity index (χ2v) is 10.8. The van der Waals surface area contributed by atoms with E-state index in [0.29, 0.717) is 43.9 Å². The smallest absolute Gasteiger partial charge is 0.253 e. The molecule has 2 fully saturated rings. The number of morpholine rings is 1. The highest BCUT2D eigenvalue weighted by molar-refractivity contribution is 7.89. The Hall–Kier alpha value is -2.01. The van der Waals surface area contributed by atoms with Gasteiger partial charge in [0.15, 0.2) is 0 Å². The molecule has 9 nitrogen and oxygen atoms in total. The van der Waals surface area contributed by atoms with Crippen molar-refractivity contribution in [2.75, 3.05) is 44.3 Å². The average Bonchev–Trinajstić information content (AvgIpc) is 2.76. The van der Waals surface area contributed by atoms with Gasteiger partial charge in [0.2, 0.25) is 15.9 Å². The molecule has 3 rings (SSSR count). The summed E-state index contributed by atoms with van der Waals surface area (Å²) in [5.74, 6) is -0.516. The zero-order chi connectivity index (χ0) is 23.5. The highest BCUT2D eigenvalue weighted by atomic mass is 32.2. The van der Waals surface area contributed by atoms with Gasteiger partial charge in [-0.05, 0) is 42.4 Å². The van der Waals surface area contributed by atoms with Crippen molar-refractivity contribution in [3.63, 3.8) is 0 Å². The van der Waals surface area contributed by atoms with Crippen molar-refractivity contribution < 1.29 is 22.7 Å². The van der Waals surface area contributed by atoms with Gasteiger partial charge >= 0.3 is 0 Å². The molecule has 3 N–H and O–H groups in total. The average molecular weight is 467 g/mol. The first-order valence-electron chi connectivity index (χ1n) is 11.1. The third-order valence-corrected chi connectivity index (χ3v) is 7.63. The first-order chi connectivity index (χ1) is 15.1. The fourth-order valence-electron chi connectivity index (χ4n) is 4.47. The van der Waals surface area contributed by atoms with E-state index in [1.165, 1.54) is 6.07 Å². The molecule has 2 heterocycles. The van der Waals surface area contributed by atoms with Crippen molar-refractivity contribution >= 4 is 27.5 Å². The normalized spacial score (nSPS) is 20.3. The number of ether oxygens (including phenoxy) is 1. The van der Waals surface area contributed by atoms with Crippen LogP contribution < -0.4 is 15.4 Å². The van der Waals surface area contributed by atoms with Crippen molar-refractivity contribution in [2.45, 2.75) is 51.0 Å². The summed E-state index contributed by atoms with van der Waals surface area (Å²) in [6.07, 6.45) is 2.29. The number of piperidine rings is 1. The number of nitrogens with zero attached hydrogens (tertiary/aromatic N) is 2. The number of rotatable bonds is 7. The Morgan fingerprint density at radius 2 is 2.06 bits per heavy atom. The number of hydrogen-bond donors (Lipinski definition) is 2. The van der Waals surface area contributed by atoms with Gasteiger partial charge in [-0.25, -0.2) is 8.42 Å². The van der Waals surface area contributed by atoms with Gasteiger partial charge in [-0.2, -0.15) is 4.72 Å². The highest BCUT2D eigenvalue weighted by Crippen LogP contribution is 2.30. The van der Waals surface area contributed by atoms with Gasteiger partial charge in [-0.1, -0.05) is 26.8 Å². The van der Waals surface area contributed by atoms with Gasteiger partial charge in [-0.3, -0.25) is 9.59 Å². The summed E-state index contributed by atoms with van der Waals surface area (Å²) < 4.78 is 34.4. The second kappa shape index (κ2) is 9.86. The van der Waals surface area contributed by atoms with Crippen molar-refractivity contribution in [3.05, 3.63) is 23.8 Å². The topological polar surface area (TPSA) is 122 Å². The van der Waals surface area contributed by atoms with Crippen LogP contribution in [0.15, 0.2) is 23.1 Å². The standard InChI is InChI=1S/C22H34N4O5S/c1-4-16-18(26-11-12-31-14-20(26)27)7-5-8-19(16)32(29,30)24-17(13-23)21(28)25-10-6-9-22(2,3)15-25/h5,7-8,17,24H,4,6,9-15,23H2,1-3H3/t17-/m0/s1. The van der Waals surface area contributed by atoms with E-state index in [4.69, 9.17) is 10.5 Å². The number of hydrogen-bond acceptors (Lipinski definition) is 6. The predicted octanol–water partition coefficient (Wildman–Crippen LogP) is 0.866. The van der Waals surface area contributed by atoms with Gasteiger partial charge in [0, 0.05) is 31.9 Å². The largest absolute Gasteiger partial charge is 0.370 e. The summed E-state index contributed by atoms with van der Waals surface area (Å²) in [7, 11) is -4.05. The molecule has 0 unspecified atom stereocenters. The summed E-state index contributed by atoms with van der Waals surface area (Å²) in [4.78, 5) is 28.7. The van der Waals surface area contributed by atoms with Crippen LogP contribution in [0.25, 0.3) is 0 Å². The van der Waals surface area contributed by atoms with Crippen molar-refractivity contribution in [2.24, 2.45) is 11.1 Å². The number of amides is 2. The Morgan fingerprint density at radius 1 is 1.31 bits per heavy atom. The molecule has 0 radical (unpaired) electrons. The van der Waals surface area contributed by atoms with E-state index in [0.717, 1.165) is 12.8 Å². The zero-order valence-corrected chi connectivity index (χ0v) is 19.9. The molecule has 2 aliphatic rings. The quantitative estimate of drug-likeness (QED) is 0.615. The van der Waals surface area contributed by atoms with Gasteiger partial charge in [0.1, 0.15) is 12.6 Å². The number of sulfonamides is 1. The molecule has 2 aliphatic heterocycles. The Balaban J connectivity index is 1.87. The number of benzene rings is 1. The molecule has 1 aromatic rings. The molecular formula is C22H34N4O5S. The van der Waals surface area contributed by atoms with Crippen LogP contribution in [0.4, 0.5) is 5.69 Å². The maximum Gasteiger partial charge on any atom is 0.253 e. The van der Waals surface area contributed by atoms with Crippen LogP contribution in [0.3, 0.4) is 0 Å². The van der Waals surface area contributed by atoms with Gasteiger partial charge in [-0.15, -0.1) is 0 Å². The maximum absolute atomic E-state index is 13.3. The Labute approximate surface area is 190 Å². The van der Waals surface area contributed by atoms with Crippen molar-refractivity contribution in [3.8, 4) is 0 Å². The van der Waals surface area contributed by atoms with Crippen LogP contribution in [-0.2, 0) is 30.8 Å². The van der Waals surface area contributed by atoms with Crippen LogP contribution >= 0.6 is 0 Å². The van der Waals surface area contributed by atoms with Crippen LogP contribution in [-0.4, -0.2) is 70.6 Å². The lowest BCUT2D eigenvalue weighted by Gasteiger charge is -2.39. The Kier molecular flexibility index (Phi) is 7.59. The zero-order valence-electron chi connectivity index (χ0n) is 19.1. The van der Waals surface area contributed by atoms with Crippen LogP contribution in [0, 0.1) is 5.41 Å². The monoisotopic (exact) mass is 466 g/mol. The number of likely N-dealkylation sites (tertiary alicyclic amines) is 1. The summed E-state index contributed by atoms with van der Waals surface area (Å²) in [6, 6.07) is 3.80. The van der Waals surface area contributed by atoms with Crippen LogP contribution in [0.2, 0.25) is 0 Å². The highest BCUT2D eigenvalue weighted by Gasteiger charge is 2.35. The molecule has 0 saturated carbocycles. The van der Waals surface area contributed by atoms with E-state index in [1.807, 2.05) is 6.92 Å². The molecule has 0 aromatic heterocycles. The molecule has 10 heteroatoms. The summed E-state index contributed by atoms with van der Waals surface area (Å²) >= 11 is 0. The third kappa shape index (κ3) is 5.31. The van der Waals surface area contributed by atoms with Crippen molar-refractivity contribution in [1.82, 2.24) is 9.62 Å². The van der Waals surface area contributed by atoms with Crippen LogP contribution in [0.5, 0.6) is 0 Å². The molecule has 1 atom stereocenters. The number of carbonyl (C=O) groups excluding carboxylic acids is 2. The molecular weight excluding hydrogens is 432 g/mol. The molecule has 1 aromatic carbocycles. The SMILES string of the molecule is CCc1c(N2CCOCC2=O)cccc1S(=O)(=O)N[C@@H](CN)C(=O)N1CCCC(C)(C)C1. The minimum atomic E-state index is -4.05. The van der Waals surface area contributed by atoms with E-state index >= 15 is 0 Å².